The van der Waals surface area contributed by atoms with E-state index in [2.05, 4.69) is 37.0 Å². The van der Waals surface area contributed by atoms with Crippen LogP contribution in [0, 0.1) is 11.8 Å². The Morgan fingerprint density at radius 2 is 2.00 bits per heavy atom. The van der Waals surface area contributed by atoms with E-state index < -0.39 is 0 Å². The number of unbranched alkanes of at least 4 members (excludes halogenated alkanes) is 3. The van der Waals surface area contributed by atoms with Gasteiger partial charge in [0.2, 0.25) is 0 Å². The van der Waals surface area contributed by atoms with Crippen LogP contribution in [-0.2, 0) is 4.74 Å². The Morgan fingerprint density at radius 3 is 2.67 bits per heavy atom. The molecule has 1 atom stereocenters. The maximum absolute atomic E-state index is 5.32. The van der Waals surface area contributed by atoms with Gasteiger partial charge in [0.25, 0.3) is 0 Å². The molecule has 1 rings (SSSR count). The summed E-state index contributed by atoms with van der Waals surface area (Å²) in [5.74, 6) is 6.32. The van der Waals surface area contributed by atoms with Crippen LogP contribution < -0.4 is 0 Å². The van der Waals surface area contributed by atoms with Crippen LogP contribution in [0.2, 0.25) is 0 Å². The van der Waals surface area contributed by atoms with Crippen LogP contribution >= 0.6 is 0 Å². The molecule has 0 aliphatic carbocycles. The second kappa shape index (κ2) is 9.50. The van der Waals surface area contributed by atoms with Gasteiger partial charge in [0.15, 0.2) is 0 Å². The molecule has 0 N–H and O–H groups in total. The van der Waals surface area contributed by atoms with Crippen molar-refractivity contribution >= 4 is 6.08 Å². The van der Waals surface area contributed by atoms with E-state index in [0.717, 1.165) is 6.42 Å². The smallest absolute Gasteiger partial charge is 0.136 e. The molecule has 0 aliphatic rings. The van der Waals surface area contributed by atoms with Gasteiger partial charge in [-0.1, -0.05) is 62.1 Å². The minimum atomic E-state index is -0.105. The van der Waals surface area contributed by atoms with E-state index >= 15 is 0 Å². The Bertz CT molecular complexity index is 395. The van der Waals surface area contributed by atoms with Crippen molar-refractivity contribution < 1.29 is 4.74 Å². The summed E-state index contributed by atoms with van der Waals surface area (Å²) in [4.78, 5) is 0. The van der Waals surface area contributed by atoms with Gasteiger partial charge in [-0.25, -0.2) is 0 Å². The largest absolute Gasteiger partial charge is 0.365 e. The molecule has 1 unspecified atom stereocenters. The third-order valence-electron chi connectivity index (χ3n) is 2.67. The number of methoxy groups -OCH3 is 1. The van der Waals surface area contributed by atoms with Crippen molar-refractivity contribution in [3.05, 3.63) is 42.0 Å². The van der Waals surface area contributed by atoms with E-state index in [1.54, 1.807) is 7.11 Å². The molecule has 0 saturated heterocycles. The normalized spacial score (nSPS) is 12.1. The maximum Gasteiger partial charge on any atom is 0.136 e. The van der Waals surface area contributed by atoms with Crippen LogP contribution in [0.15, 0.2) is 36.4 Å². The first kappa shape index (κ1) is 14.5. The van der Waals surface area contributed by atoms with Crippen LogP contribution in [-0.4, -0.2) is 13.2 Å². The van der Waals surface area contributed by atoms with Gasteiger partial charge in [0, 0.05) is 13.5 Å². The summed E-state index contributed by atoms with van der Waals surface area (Å²) in [6, 6.07) is 10.2. The third kappa shape index (κ3) is 6.27. The number of hydrogen-bond donors (Lipinski definition) is 0. The van der Waals surface area contributed by atoms with Crippen molar-refractivity contribution in [3.63, 3.8) is 0 Å². The first-order valence-corrected chi connectivity index (χ1v) is 6.61. The van der Waals surface area contributed by atoms with Gasteiger partial charge in [-0.15, -0.1) is 5.92 Å². The predicted molar refractivity (Wildman–Crippen MR) is 78.2 cm³/mol. The van der Waals surface area contributed by atoms with E-state index in [1.165, 1.54) is 24.8 Å². The molecule has 0 fully saturated rings. The highest BCUT2D eigenvalue weighted by molar-refractivity contribution is 5.50. The Hall–Kier alpha value is -1.52. The van der Waals surface area contributed by atoms with Crippen molar-refractivity contribution in [2.45, 2.75) is 38.7 Å². The molecule has 18 heavy (non-hydrogen) atoms. The second-order valence-electron chi connectivity index (χ2n) is 4.20. The number of ether oxygens (including phenoxy) is 1. The summed E-state index contributed by atoms with van der Waals surface area (Å²) in [7, 11) is 1.70. The zero-order valence-electron chi connectivity index (χ0n) is 11.4. The minimum absolute atomic E-state index is 0.105. The third-order valence-corrected chi connectivity index (χ3v) is 2.67. The summed E-state index contributed by atoms with van der Waals surface area (Å²) < 4.78 is 5.32. The number of benzene rings is 1. The van der Waals surface area contributed by atoms with Crippen LogP contribution in [0.4, 0.5) is 0 Å². The van der Waals surface area contributed by atoms with Crippen molar-refractivity contribution in [2.24, 2.45) is 0 Å². The fraction of sp³-hybridized carbons (Fsp3) is 0.412. The molecule has 0 spiro atoms. The lowest BCUT2D eigenvalue weighted by atomic mass is 10.2. The molecule has 0 aliphatic heterocycles. The first-order valence-electron chi connectivity index (χ1n) is 6.61. The monoisotopic (exact) mass is 242 g/mol. The van der Waals surface area contributed by atoms with Crippen molar-refractivity contribution in [1.82, 2.24) is 0 Å². The Labute approximate surface area is 111 Å². The molecule has 0 bridgehead atoms. The zero-order valence-corrected chi connectivity index (χ0v) is 11.4. The Kier molecular flexibility index (Phi) is 7.68. The molecular formula is C17H22O. The summed E-state index contributed by atoms with van der Waals surface area (Å²) in [6.45, 7) is 2.20. The van der Waals surface area contributed by atoms with Gasteiger partial charge in [-0.05, 0) is 18.1 Å². The average molecular weight is 242 g/mol. The molecule has 1 aromatic carbocycles. The molecule has 0 radical (unpaired) electrons. The van der Waals surface area contributed by atoms with Gasteiger partial charge in [-0.3, -0.25) is 0 Å². The predicted octanol–water partition coefficient (Wildman–Crippen LogP) is 4.30. The molecule has 1 heteroatoms. The summed E-state index contributed by atoms with van der Waals surface area (Å²) >= 11 is 0. The van der Waals surface area contributed by atoms with E-state index in [4.69, 9.17) is 4.74 Å². The second-order valence-corrected chi connectivity index (χ2v) is 4.20. The number of rotatable bonds is 6. The standard InChI is InChI=1S/C17H22O/c1-3-4-5-6-10-13-17(18-2)15-14-16-11-8-7-9-12-16/h7-9,11-12,14-15,17H,3-6H2,1-2H3/b15-14+. The summed E-state index contributed by atoms with van der Waals surface area (Å²) in [6.07, 6.45) is 8.59. The van der Waals surface area contributed by atoms with Gasteiger partial charge in [0.1, 0.15) is 6.10 Å². The molecule has 0 aromatic heterocycles. The van der Waals surface area contributed by atoms with Gasteiger partial charge >= 0.3 is 0 Å². The molecule has 1 nitrogen and oxygen atoms in total. The topological polar surface area (TPSA) is 9.23 Å². The molecule has 0 amide bonds. The summed E-state index contributed by atoms with van der Waals surface area (Å²) in [5.41, 5.74) is 1.17. The highest BCUT2D eigenvalue weighted by atomic mass is 16.5. The van der Waals surface area contributed by atoms with Gasteiger partial charge < -0.3 is 4.74 Å². The highest BCUT2D eigenvalue weighted by Gasteiger charge is 1.95. The van der Waals surface area contributed by atoms with Gasteiger partial charge in [0.05, 0.1) is 0 Å². The number of hydrogen-bond acceptors (Lipinski definition) is 1. The molecular weight excluding hydrogens is 220 g/mol. The van der Waals surface area contributed by atoms with Crippen LogP contribution in [0.25, 0.3) is 6.08 Å². The van der Waals surface area contributed by atoms with Crippen molar-refractivity contribution in [1.29, 1.82) is 0 Å². The van der Waals surface area contributed by atoms with E-state index in [1.807, 2.05) is 24.3 Å². The van der Waals surface area contributed by atoms with E-state index in [0.29, 0.717) is 0 Å². The van der Waals surface area contributed by atoms with E-state index in [9.17, 15) is 0 Å². The first-order chi connectivity index (χ1) is 8.86. The fourth-order valence-corrected chi connectivity index (χ4v) is 1.58. The SMILES string of the molecule is CCCCCC#CC(/C=C/c1ccccc1)OC. The summed E-state index contributed by atoms with van der Waals surface area (Å²) in [5, 5.41) is 0. The van der Waals surface area contributed by atoms with Crippen LogP contribution in [0.1, 0.15) is 38.2 Å². The highest BCUT2D eigenvalue weighted by Crippen LogP contribution is 2.03. The lowest BCUT2D eigenvalue weighted by Crippen LogP contribution is -2.02. The molecule has 0 heterocycles. The lowest BCUT2D eigenvalue weighted by molar-refractivity contribution is 0.185. The molecule has 0 saturated carbocycles. The Balaban J connectivity index is 2.44. The van der Waals surface area contributed by atoms with E-state index in [-0.39, 0.29) is 6.10 Å². The average Bonchev–Trinajstić information content (AvgIpc) is 2.43. The van der Waals surface area contributed by atoms with Crippen molar-refractivity contribution in [2.75, 3.05) is 7.11 Å². The fourth-order valence-electron chi connectivity index (χ4n) is 1.58. The molecule has 96 valence electrons. The van der Waals surface area contributed by atoms with Crippen LogP contribution in [0.5, 0.6) is 0 Å². The quantitative estimate of drug-likeness (QED) is 0.534. The zero-order chi connectivity index (χ0) is 13.1. The minimum Gasteiger partial charge on any atom is -0.365 e. The Morgan fingerprint density at radius 1 is 1.22 bits per heavy atom. The lowest BCUT2D eigenvalue weighted by Gasteiger charge is -2.01. The van der Waals surface area contributed by atoms with Gasteiger partial charge in [-0.2, -0.15) is 0 Å². The molecule has 1 aromatic rings. The van der Waals surface area contributed by atoms with Crippen molar-refractivity contribution in [3.8, 4) is 11.8 Å². The van der Waals surface area contributed by atoms with Crippen LogP contribution in [0.3, 0.4) is 0 Å². The maximum atomic E-state index is 5.32.